The maximum Gasteiger partial charge on any atom is 0.188 e. The molecule has 4 aliphatic rings. The number of carbonyl (C=O) groups excluding carboxylic acids is 2. The molecule has 4 rings (SSSR count). The first-order valence-electron chi connectivity index (χ1n) is 11.4. The SMILES string of the molecule is CC(CCO)C1CCC2C3=C(C(=O)C(O)C21C)C1(C)CCC(O)C(C)C1CC3=O. The van der Waals surface area contributed by atoms with E-state index >= 15 is 0 Å². The van der Waals surface area contributed by atoms with E-state index in [0.717, 1.165) is 12.8 Å². The maximum absolute atomic E-state index is 13.7. The van der Waals surface area contributed by atoms with Gasteiger partial charge in [0, 0.05) is 35.0 Å². The van der Waals surface area contributed by atoms with Gasteiger partial charge in [0.15, 0.2) is 11.6 Å². The molecule has 0 amide bonds. The quantitative estimate of drug-likeness (QED) is 0.672. The van der Waals surface area contributed by atoms with Gasteiger partial charge in [0.2, 0.25) is 0 Å². The van der Waals surface area contributed by atoms with Crippen molar-refractivity contribution in [3.63, 3.8) is 0 Å². The third-order valence-corrected chi connectivity index (χ3v) is 9.59. The molecule has 0 aliphatic heterocycles. The van der Waals surface area contributed by atoms with Crippen molar-refractivity contribution in [2.45, 2.75) is 78.4 Å². The third kappa shape index (κ3) is 2.69. The van der Waals surface area contributed by atoms with Gasteiger partial charge in [-0.2, -0.15) is 0 Å². The van der Waals surface area contributed by atoms with E-state index in [1.807, 2.05) is 13.8 Å². The van der Waals surface area contributed by atoms with Gasteiger partial charge in [-0.1, -0.05) is 27.7 Å². The lowest BCUT2D eigenvalue weighted by atomic mass is 9.47. The normalized spacial score (nSPS) is 48.2. The van der Waals surface area contributed by atoms with Crippen LogP contribution in [0.3, 0.4) is 0 Å². The minimum absolute atomic E-state index is 0.0362. The number of aliphatic hydroxyl groups excluding tert-OH is 3. The molecule has 9 atom stereocenters. The lowest BCUT2D eigenvalue weighted by Gasteiger charge is -2.56. The summed E-state index contributed by atoms with van der Waals surface area (Å²) in [5, 5.41) is 31.1. The summed E-state index contributed by atoms with van der Waals surface area (Å²) in [6.45, 7) is 8.23. The van der Waals surface area contributed by atoms with Crippen LogP contribution in [-0.2, 0) is 9.59 Å². The van der Waals surface area contributed by atoms with Gasteiger partial charge in [0.05, 0.1) is 6.10 Å². The highest BCUT2D eigenvalue weighted by atomic mass is 16.3. The van der Waals surface area contributed by atoms with Crippen molar-refractivity contribution >= 4 is 11.6 Å². The van der Waals surface area contributed by atoms with E-state index in [9.17, 15) is 24.9 Å². The molecule has 0 saturated heterocycles. The van der Waals surface area contributed by atoms with Gasteiger partial charge >= 0.3 is 0 Å². The Hall–Kier alpha value is -1.04. The van der Waals surface area contributed by atoms with Crippen LogP contribution in [0.15, 0.2) is 11.1 Å². The van der Waals surface area contributed by atoms with Crippen LogP contribution in [0.5, 0.6) is 0 Å². The summed E-state index contributed by atoms with van der Waals surface area (Å²) in [5.41, 5.74) is 0.186. The molecular weight excluding hydrogens is 368 g/mol. The summed E-state index contributed by atoms with van der Waals surface area (Å²) in [6, 6.07) is 0. The summed E-state index contributed by atoms with van der Waals surface area (Å²) in [5.74, 6) is -0.0934. The second kappa shape index (κ2) is 7.00. The van der Waals surface area contributed by atoms with Crippen LogP contribution in [0.2, 0.25) is 0 Å². The van der Waals surface area contributed by atoms with Crippen molar-refractivity contribution in [2.24, 2.45) is 40.4 Å². The fourth-order valence-electron chi connectivity index (χ4n) is 7.80. The van der Waals surface area contributed by atoms with Gasteiger partial charge in [-0.15, -0.1) is 0 Å². The van der Waals surface area contributed by atoms with Gasteiger partial charge in [0.25, 0.3) is 0 Å². The highest BCUT2D eigenvalue weighted by Gasteiger charge is 2.64. The van der Waals surface area contributed by atoms with E-state index in [1.165, 1.54) is 0 Å². The molecule has 0 aromatic carbocycles. The van der Waals surface area contributed by atoms with Gasteiger partial charge in [0.1, 0.15) is 6.10 Å². The Morgan fingerprint density at radius 1 is 1.14 bits per heavy atom. The van der Waals surface area contributed by atoms with Crippen molar-refractivity contribution in [1.29, 1.82) is 0 Å². The Balaban J connectivity index is 1.83. The molecule has 29 heavy (non-hydrogen) atoms. The molecule has 0 radical (unpaired) electrons. The number of carbonyl (C=O) groups is 2. The number of hydrogen-bond donors (Lipinski definition) is 3. The van der Waals surface area contributed by atoms with E-state index < -0.39 is 23.0 Å². The molecule has 0 heterocycles. The number of allylic oxidation sites excluding steroid dienone is 1. The van der Waals surface area contributed by atoms with E-state index in [4.69, 9.17) is 0 Å². The second-order valence-electron chi connectivity index (χ2n) is 10.8. The highest BCUT2D eigenvalue weighted by molar-refractivity contribution is 6.12. The molecule has 4 aliphatic carbocycles. The highest BCUT2D eigenvalue weighted by Crippen LogP contribution is 2.64. The van der Waals surface area contributed by atoms with Gasteiger partial charge in [-0.05, 0) is 61.7 Å². The second-order valence-corrected chi connectivity index (χ2v) is 10.8. The molecule has 2 saturated carbocycles. The standard InChI is InChI=1S/C24H36O5/c1-12(8-10-25)14-5-6-15-19-18(27)11-16-13(2)17(26)7-9-23(16,3)20(19)21(28)22(29)24(14,15)4/h12-17,22,25-26,29H,5-11H2,1-4H3. The molecule has 0 bridgehead atoms. The van der Waals surface area contributed by atoms with Crippen LogP contribution in [0.4, 0.5) is 0 Å². The number of hydrogen-bond acceptors (Lipinski definition) is 5. The number of aliphatic hydroxyl groups is 3. The molecule has 0 spiro atoms. The zero-order valence-electron chi connectivity index (χ0n) is 18.1. The molecule has 5 nitrogen and oxygen atoms in total. The molecule has 9 unspecified atom stereocenters. The van der Waals surface area contributed by atoms with E-state index in [0.29, 0.717) is 36.8 Å². The van der Waals surface area contributed by atoms with Crippen LogP contribution < -0.4 is 0 Å². The van der Waals surface area contributed by atoms with Crippen molar-refractivity contribution in [3.8, 4) is 0 Å². The van der Waals surface area contributed by atoms with Crippen LogP contribution in [0.25, 0.3) is 0 Å². The number of fused-ring (bicyclic) bond motifs is 4. The molecule has 0 aromatic rings. The summed E-state index contributed by atoms with van der Waals surface area (Å²) in [7, 11) is 0. The summed E-state index contributed by atoms with van der Waals surface area (Å²) >= 11 is 0. The largest absolute Gasteiger partial charge is 0.396 e. The maximum atomic E-state index is 13.7. The molecule has 3 N–H and O–H groups in total. The van der Waals surface area contributed by atoms with Crippen molar-refractivity contribution in [2.75, 3.05) is 6.61 Å². The average molecular weight is 405 g/mol. The van der Waals surface area contributed by atoms with Crippen molar-refractivity contribution in [3.05, 3.63) is 11.1 Å². The molecule has 162 valence electrons. The van der Waals surface area contributed by atoms with Crippen LogP contribution >= 0.6 is 0 Å². The Bertz CT molecular complexity index is 756. The summed E-state index contributed by atoms with van der Waals surface area (Å²) in [4.78, 5) is 27.1. The monoisotopic (exact) mass is 404 g/mol. The number of rotatable bonds is 3. The third-order valence-electron chi connectivity index (χ3n) is 9.59. The summed E-state index contributed by atoms with van der Waals surface area (Å²) < 4.78 is 0. The Morgan fingerprint density at radius 3 is 2.48 bits per heavy atom. The van der Waals surface area contributed by atoms with Gasteiger partial charge in [-0.25, -0.2) is 0 Å². The summed E-state index contributed by atoms with van der Waals surface area (Å²) in [6.07, 6.45) is 2.47. The molecule has 0 aromatic heterocycles. The molecular formula is C24H36O5. The molecule has 2 fully saturated rings. The fraction of sp³-hybridized carbons (Fsp3) is 0.833. The Labute approximate surface area is 173 Å². The van der Waals surface area contributed by atoms with Gasteiger partial charge < -0.3 is 15.3 Å². The van der Waals surface area contributed by atoms with Gasteiger partial charge in [-0.3, -0.25) is 9.59 Å². The zero-order valence-corrected chi connectivity index (χ0v) is 18.1. The van der Waals surface area contributed by atoms with E-state index in [2.05, 4.69) is 13.8 Å². The van der Waals surface area contributed by atoms with Crippen molar-refractivity contribution in [1.82, 2.24) is 0 Å². The van der Waals surface area contributed by atoms with Crippen LogP contribution in [0, 0.1) is 40.4 Å². The predicted octanol–water partition coefficient (Wildman–Crippen LogP) is 2.66. The van der Waals surface area contributed by atoms with E-state index in [1.54, 1.807) is 0 Å². The Kier molecular flexibility index (Phi) is 5.12. The first-order valence-corrected chi connectivity index (χ1v) is 11.4. The van der Waals surface area contributed by atoms with Crippen molar-refractivity contribution < 1.29 is 24.9 Å². The average Bonchev–Trinajstić information content (AvgIpc) is 3.03. The zero-order chi connectivity index (χ0) is 21.3. The van der Waals surface area contributed by atoms with Crippen LogP contribution in [-0.4, -0.2) is 45.7 Å². The topological polar surface area (TPSA) is 94.8 Å². The minimum Gasteiger partial charge on any atom is -0.396 e. The van der Waals surface area contributed by atoms with E-state index in [-0.39, 0.29) is 47.8 Å². The lowest BCUT2D eigenvalue weighted by molar-refractivity contribution is -0.145. The smallest absolute Gasteiger partial charge is 0.188 e. The Morgan fingerprint density at radius 2 is 1.83 bits per heavy atom. The van der Waals surface area contributed by atoms with Crippen LogP contribution in [0.1, 0.15) is 66.2 Å². The first kappa shape index (κ1) is 21.2. The lowest BCUT2D eigenvalue weighted by Crippen LogP contribution is -2.58. The minimum atomic E-state index is -1.11. The molecule has 5 heteroatoms. The number of Topliss-reactive ketones (excluding diaryl/α,β-unsaturated/α-hetero) is 2. The number of ketones is 2. The fourth-order valence-corrected chi connectivity index (χ4v) is 7.80. The first-order chi connectivity index (χ1) is 13.6. The predicted molar refractivity (Wildman–Crippen MR) is 109 cm³/mol.